The molecule has 1 fully saturated rings. The largest absolute Gasteiger partial charge is 0.303 e. The Morgan fingerprint density at radius 2 is 1.44 bits per heavy atom. The van der Waals surface area contributed by atoms with Crippen molar-refractivity contribution in [2.24, 2.45) is 23.7 Å². The SMILES string of the molecule is CC(C)CC(C)C(C)C(C)CN1CCCC1. The van der Waals surface area contributed by atoms with Gasteiger partial charge in [0.15, 0.2) is 0 Å². The Balaban J connectivity index is 2.30. The van der Waals surface area contributed by atoms with E-state index in [4.69, 9.17) is 0 Å². The molecule has 0 saturated carbocycles. The Morgan fingerprint density at radius 1 is 0.875 bits per heavy atom. The van der Waals surface area contributed by atoms with Gasteiger partial charge in [-0.25, -0.2) is 0 Å². The summed E-state index contributed by atoms with van der Waals surface area (Å²) in [6.45, 7) is 16.0. The Labute approximate surface area is 103 Å². The van der Waals surface area contributed by atoms with Crippen LogP contribution in [-0.2, 0) is 0 Å². The van der Waals surface area contributed by atoms with Crippen molar-refractivity contribution in [3.05, 3.63) is 0 Å². The summed E-state index contributed by atoms with van der Waals surface area (Å²) in [6, 6.07) is 0. The van der Waals surface area contributed by atoms with Gasteiger partial charge in [-0.05, 0) is 56.0 Å². The molecule has 1 heteroatoms. The molecule has 96 valence electrons. The number of likely N-dealkylation sites (tertiary alicyclic amines) is 1. The van der Waals surface area contributed by atoms with Crippen LogP contribution in [0.3, 0.4) is 0 Å². The molecular formula is C15H31N. The van der Waals surface area contributed by atoms with Crippen molar-refractivity contribution < 1.29 is 0 Å². The van der Waals surface area contributed by atoms with E-state index in [2.05, 4.69) is 39.5 Å². The maximum absolute atomic E-state index is 2.66. The van der Waals surface area contributed by atoms with Crippen molar-refractivity contribution in [2.45, 2.75) is 53.9 Å². The van der Waals surface area contributed by atoms with Crippen molar-refractivity contribution in [3.63, 3.8) is 0 Å². The summed E-state index contributed by atoms with van der Waals surface area (Å²) >= 11 is 0. The molecule has 0 aromatic rings. The Kier molecular flexibility index (Phi) is 5.82. The van der Waals surface area contributed by atoms with Crippen molar-refractivity contribution in [2.75, 3.05) is 19.6 Å². The normalized spacial score (nSPS) is 23.6. The summed E-state index contributed by atoms with van der Waals surface area (Å²) < 4.78 is 0. The molecule has 0 amide bonds. The second-order valence-electron chi connectivity index (χ2n) is 6.45. The van der Waals surface area contributed by atoms with Crippen LogP contribution in [0.4, 0.5) is 0 Å². The van der Waals surface area contributed by atoms with Gasteiger partial charge in [-0.15, -0.1) is 0 Å². The van der Waals surface area contributed by atoms with Gasteiger partial charge in [0, 0.05) is 6.54 Å². The van der Waals surface area contributed by atoms with Crippen LogP contribution >= 0.6 is 0 Å². The van der Waals surface area contributed by atoms with Gasteiger partial charge in [0.1, 0.15) is 0 Å². The molecule has 1 saturated heterocycles. The summed E-state index contributed by atoms with van der Waals surface area (Å²) in [7, 11) is 0. The molecular weight excluding hydrogens is 194 g/mol. The highest BCUT2D eigenvalue weighted by molar-refractivity contribution is 4.75. The molecule has 3 unspecified atom stereocenters. The average molecular weight is 225 g/mol. The molecule has 0 radical (unpaired) electrons. The topological polar surface area (TPSA) is 3.24 Å². The van der Waals surface area contributed by atoms with E-state index in [-0.39, 0.29) is 0 Å². The highest BCUT2D eigenvalue weighted by Gasteiger charge is 2.23. The van der Waals surface area contributed by atoms with Gasteiger partial charge < -0.3 is 4.90 Å². The van der Waals surface area contributed by atoms with E-state index in [0.29, 0.717) is 0 Å². The van der Waals surface area contributed by atoms with Gasteiger partial charge in [-0.2, -0.15) is 0 Å². The first-order valence-electron chi connectivity index (χ1n) is 7.23. The van der Waals surface area contributed by atoms with E-state index in [0.717, 1.165) is 23.7 Å². The standard InChI is InChI=1S/C15H31N/c1-12(2)10-13(3)15(5)14(4)11-16-8-6-7-9-16/h12-15H,6-11H2,1-5H3. The molecule has 1 aliphatic rings. The maximum atomic E-state index is 2.66. The van der Waals surface area contributed by atoms with Gasteiger partial charge in [0.25, 0.3) is 0 Å². The predicted octanol–water partition coefficient (Wildman–Crippen LogP) is 4.04. The van der Waals surface area contributed by atoms with Crippen LogP contribution in [0.5, 0.6) is 0 Å². The first kappa shape index (κ1) is 14.0. The van der Waals surface area contributed by atoms with E-state index < -0.39 is 0 Å². The molecule has 0 bridgehead atoms. The van der Waals surface area contributed by atoms with Crippen LogP contribution in [0, 0.1) is 23.7 Å². The van der Waals surface area contributed by atoms with E-state index in [1.54, 1.807) is 0 Å². The monoisotopic (exact) mass is 225 g/mol. The predicted molar refractivity (Wildman–Crippen MR) is 72.6 cm³/mol. The van der Waals surface area contributed by atoms with Crippen LogP contribution in [0.2, 0.25) is 0 Å². The van der Waals surface area contributed by atoms with E-state index in [1.807, 2.05) is 0 Å². The minimum Gasteiger partial charge on any atom is -0.303 e. The first-order chi connectivity index (χ1) is 7.50. The Bertz CT molecular complexity index is 182. The summed E-state index contributed by atoms with van der Waals surface area (Å²) in [4.78, 5) is 2.66. The smallest absolute Gasteiger partial charge is 0.000966 e. The molecule has 1 heterocycles. The molecule has 0 aromatic carbocycles. The third-order valence-electron chi connectivity index (χ3n) is 4.38. The molecule has 16 heavy (non-hydrogen) atoms. The lowest BCUT2D eigenvalue weighted by molar-refractivity contribution is 0.187. The van der Waals surface area contributed by atoms with Crippen LogP contribution in [0.1, 0.15) is 53.9 Å². The molecule has 0 aromatic heterocycles. The highest BCUT2D eigenvalue weighted by Crippen LogP contribution is 2.27. The lowest BCUT2D eigenvalue weighted by Gasteiger charge is -2.30. The zero-order chi connectivity index (χ0) is 12.1. The number of rotatable bonds is 6. The summed E-state index contributed by atoms with van der Waals surface area (Å²) in [5, 5.41) is 0. The van der Waals surface area contributed by atoms with Crippen molar-refractivity contribution in [3.8, 4) is 0 Å². The van der Waals surface area contributed by atoms with Crippen molar-refractivity contribution in [1.82, 2.24) is 4.90 Å². The third-order valence-corrected chi connectivity index (χ3v) is 4.38. The summed E-state index contributed by atoms with van der Waals surface area (Å²) in [5.74, 6) is 3.43. The van der Waals surface area contributed by atoms with Gasteiger partial charge in [-0.3, -0.25) is 0 Å². The second-order valence-corrected chi connectivity index (χ2v) is 6.45. The lowest BCUT2D eigenvalue weighted by Crippen LogP contribution is -2.31. The quantitative estimate of drug-likeness (QED) is 0.659. The zero-order valence-electron chi connectivity index (χ0n) is 12.0. The summed E-state index contributed by atoms with van der Waals surface area (Å²) in [6.07, 6.45) is 4.22. The minimum atomic E-state index is 0.844. The van der Waals surface area contributed by atoms with Gasteiger partial charge in [0.05, 0.1) is 0 Å². The van der Waals surface area contributed by atoms with Crippen LogP contribution in [0.25, 0.3) is 0 Å². The Morgan fingerprint density at radius 3 is 1.94 bits per heavy atom. The van der Waals surface area contributed by atoms with E-state index in [1.165, 1.54) is 38.9 Å². The fraction of sp³-hybridized carbons (Fsp3) is 1.00. The molecule has 1 aliphatic heterocycles. The van der Waals surface area contributed by atoms with E-state index in [9.17, 15) is 0 Å². The lowest BCUT2D eigenvalue weighted by atomic mass is 9.80. The molecule has 1 nitrogen and oxygen atoms in total. The minimum absolute atomic E-state index is 0.844. The highest BCUT2D eigenvalue weighted by atomic mass is 15.1. The molecule has 0 N–H and O–H groups in total. The van der Waals surface area contributed by atoms with Crippen LogP contribution in [0.15, 0.2) is 0 Å². The Hall–Kier alpha value is -0.0400. The fourth-order valence-electron chi connectivity index (χ4n) is 3.06. The fourth-order valence-corrected chi connectivity index (χ4v) is 3.06. The molecule has 0 spiro atoms. The van der Waals surface area contributed by atoms with Gasteiger partial charge in [-0.1, -0.05) is 34.6 Å². The van der Waals surface area contributed by atoms with Crippen molar-refractivity contribution >= 4 is 0 Å². The van der Waals surface area contributed by atoms with Crippen LogP contribution < -0.4 is 0 Å². The summed E-state index contributed by atoms with van der Waals surface area (Å²) in [5.41, 5.74) is 0. The average Bonchev–Trinajstić information content (AvgIpc) is 2.68. The third kappa shape index (κ3) is 4.45. The zero-order valence-corrected chi connectivity index (χ0v) is 12.0. The van der Waals surface area contributed by atoms with Gasteiger partial charge >= 0.3 is 0 Å². The molecule has 3 atom stereocenters. The number of hydrogen-bond acceptors (Lipinski definition) is 1. The van der Waals surface area contributed by atoms with Gasteiger partial charge in [0.2, 0.25) is 0 Å². The number of nitrogens with zero attached hydrogens (tertiary/aromatic N) is 1. The number of hydrogen-bond donors (Lipinski definition) is 0. The maximum Gasteiger partial charge on any atom is 0.000966 e. The van der Waals surface area contributed by atoms with E-state index >= 15 is 0 Å². The first-order valence-corrected chi connectivity index (χ1v) is 7.23. The molecule has 0 aliphatic carbocycles. The second kappa shape index (κ2) is 6.64. The molecule has 1 rings (SSSR count). The van der Waals surface area contributed by atoms with Crippen LogP contribution in [-0.4, -0.2) is 24.5 Å². The van der Waals surface area contributed by atoms with Crippen molar-refractivity contribution in [1.29, 1.82) is 0 Å².